The van der Waals surface area contributed by atoms with Crippen molar-refractivity contribution in [2.45, 2.75) is 46.6 Å². The number of nitrogens with zero attached hydrogens (tertiary/aromatic N) is 1. The minimum Gasteiger partial charge on any atom is -0.386 e. The molecule has 4 heteroatoms. The van der Waals surface area contributed by atoms with E-state index in [1.807, 2.05) is 0 Å². The molecule has 0 radical (unpaired) electrons. The molecule has 0 saturated heterocycles. The van der Waals surface area contributed by atoms with Crippen LogP contribution in [0, 0.1) is 16.7 Å². The molecule has 3 atom stereocenters. The van der Waals surface area contributed by atoms with Crippen LogP contribution in [0.5, 0.6) is 0 Å². The van der Waals surface area contributed by atoms with E-state index in [1.165, 1.54) is 6.92 Å². The Balaban J connectivity index is 2.31. The Morgan fingerprint density at radius 3 is 2.44 bits per heavy atom. The van der Waals surface area contributed by atoms with Crippen molar-refractivity contribution in [1.82, 2.24) is 0 Å². The second kappa shape index (κ2) is 3.29. The number of fused-ring (bicyclic) bond motifs is 1. The maximum atomic E-state index is 10.8. The molecule has 4 nitrogen and oxygen atoms in total. The SMILES string of the molecule is CC(=O)O/N=C1/C(O)C2(C)CCC2C1(C)C. The molecule has 16 heavy (non-hydrogen) atoms. The van der Waals surface area contributed by atoms with E-state index in [4.69, 9.17) is 4.84 Å². The van der Waals surface area contributed by atoms with Crippen LogP contribution in [0.15, 0.2) is 5.16 Å². The molecule has 2 rings (SSSR count). The Kier molecular flexibility index (Phi) is 2.38. The number of aliphatic hydroxyl groups excluding tert-OH is 1. The summed E-state index contributed by atoms with van der Waals surface area (Å²) in [5.74, 6) is -0.00999. The van der Waals surface area contributed by atoms with Crippen molar-refractivity contribution in [2.24, 2.45) is 21.9 Å². The normalized spacial score (nSPS) is 42.7. The van der Waals surface area contributed by atoms with Crippen LogP contribution in [0.2, 0.25) is 0 Å². The number of rotatable bonds is 1. The van der Waals surface area contributed by atoms with Gasteiger partial charge in [0.2, 0.25) is 0 Å². The average Bonchev–Trinajstić information content (AvgIpc) is 2.20. The highest BCUT2D eigenvalue weighted by atomic mass is 16.7. The van der Waals surface area contributed by atoms with E-state index in [-0.39, 0.29) is 10.8 Å². The third-order valence-electron chi connectivity index (χ3n) is 4.46. The molecule has 1 N–H and O–H groups in total. The van der Waals surface area contributed by atoms with E-state index < -0.39 is 12.1 Å². The molecule has 0 aromatic rings. The molecule has 2 aliphatic carbocycles. The summed E-state index contributed by atoms with van der Waals surface area (Å²) in [7, 11) is 0. The van der Waals surface area contributed by atoms with Crippen molar-refractivity contribution in [1.29, 1.82) is 0 Å². The predicted molar refractivity (Wildman–Crippen MR) is 59.8 cm³/mol. The number of carbonyl (C=O) groups is 1. The topological polar surface area (TPSA) is 58.9 Å². The standard InChI is InChI=1S/C12H19NO3/c1-7(14)16-13-9-10(15)12(4)6-5-8(12)11(9,2)3/h8,10,15H,5-6H2,1-4H3/b13-9-. The van der Waals surface area contributed by atoms with Gasteiger partial charge < -0.3 is 9.94 Å². The van der Waals surface area contributed by atoms with Gasteiger partial charge in [0, 0.05) is 17.8 Å². The molecule has 3 unspecified atom stereocenters. The first-order chi connectivity index (χ1) is 7.30. The van der Waals surface area contributed by atoms with Gasteiger partial charge in [-0.3, -0.25) is 0 Å². The third-order valence-corrected chi connectivity index (χ3v) is 4.46. The molecule has 0 aliphatic heterocycles. The number of oxime groups is 1. The number of hydrogen-bond donors (Lipinski definition) is 1. The van der Waals surface area contributed by atoms with E-state index in [0.29, 0.717) is 11.6 Å². The summed E-state index contributed by atoms with van der Waals surface area (Å²) in [6.45, 7) is 7.53. The molecular formula is C12H19NO3. The summed E-state index contributed by atoms with van der Waals surface area (Å²) in [6.07, 6.45) is 1.54. The second-order valence-corrected chi connectivity index (χ2v) is 5.78. The number of aliphatic hydroxyl groups is 1. The molecule has 90 valence electrons. The van der Waals surface area contributed by atoms with Gasteiger partial charge in [0.05, 0.1) is 5.71 Å². The van der Waals surface area contributed by atoms with Gasteiger partial charge in [-0.15, -0.1) is 0 Å². The fraction of sp³-hybridized carbons (Fsp3) is 0.833. The van der Waals surface area contributed by atoms with Crippen LogP contribution in [0.4, 0.5) is 0 Å². The zero-order chi connectivity index (χ0) is 12.1. The summed E-state index contributed by atoms with van der Waals surface area (Å²) in [6, 6.07) is 0. The molecule has 0 aromatic carbocycles. The Bertz CT molecular complexity index is 361. The van der Waals surface area contributed by atoms with Crippen LogP contribution in [0.3, 0.4) is 0 Å². The van der Waals surface area contributed by atoms with Crippen LogP contribution < -0.4 is 0 Å². The largest absolute Gasteiger partial charge is 0.386 e. The Morgan fingerprint density at radius 2 is 2.12 bits per heavy atom. The smallest absolute Gasteiger partial charge is 0.331 e. The molecule has 0 aromatic heterocycles. The lowest BCUT2D eigenvalue weighted by Crippen LogP contribution is -2.43. The Hall–Kier alpha value is -0.900. The molecule has 0 bridgehead atoms. The van der Waals surface area contributed by atoms with E-state index in [1.54, 1.807) is 0 Å². The first-order valence-corrected chi connectivity index (χ1v) is 5.74. The first kappa shape index (κ1) is 11.6. The molecule has 0 heterocycles. The summed E-state index contributed by atoms with van der Waals surface area (Å²) in [4.78, 5) is 15.5. The molecule has 0 amide bonds. The Labute approximate surface area is 95.7 Å². The fourth-order valence-corrected chi connectivity index (χ4v) is 3.38. The van der Waals surface area contributed by atoms with Gasteiger partial charge in [-0.25, -0.2) is 4.79 Å². The molecule has 2 aliphatic rings. The van der Waals surface area contributed by atoms with Crippen molar-refractivity contribution in [2.75, 3.05) is 0 Å². The number of carbonyl (C=O) groups excluding carboxylic acids is 1. The average molecular weight is 225 g/mol. The molecule has 0 spiro atoms. The monoisotopic (exact) mass is 225 g/mol. The second-order valence-electron chi connectivity index (χ2n) is 5.78. The third kappa shape index (κ3) is 1.32. The van der Waals surface area contributed by atoms with Crippen LogP contribution in [-0.4, -0.2) is 22.9 Å². The van der Waals surface area contributed by atoms with E-state index in [2.05, 4.69) is 25.9 Å². The lowest BCUT2D eigenvalue weighted by Gasteiger charge is -2.47. The maximum absolute atomic E-state index is 10.8. The van der Waals surface area contributed by atoms with E-state index in [9.17, 15) is 9.90 Å². The lowest BCUT2D eigenvalue weighted by atomic mass is 9.57. The van der Waals surface area contributed by atoms with Crippen molar-refractivity contribution in [3.05, 3.63) is 0 Å². The van der Waals surface area contributed by atoms with Crippen LogP contribution in [-0.2, 0) is 9.63 Å². The zero-order valence-corrected chi connectivity index (χ0v) is 10.3. The summed E-state index contributed by atoms with van der Waals surface area (Å²) in [5, 5.41) is 14.1. The highest BCUT2D eigenvalue weighted by Crippen LogP contribution is 2.63. The lowest BCUT2D eigenvalue weighted by molar-refractivity contribution is -0.141. The van der Waals surface area contributed by atoms with Crippen molar-refractivity contribution in [3.8, 4) is 0 Å². The van der Waals surface area contributed by atoms with Gasteiger partial charge in [0.25, 0.3) is 0 Å². The highest BCUT2D eigenvalue weighted by Gasteiger charge is 2.64. The van der Waals surface area contributed by atoms with Crippen LogP contribution in [0.25, 0.3) is 0 Å². The van der Waals surface area contributed by atoms with E-state index in [0.717, 1.165) is 12.8 Å². The van der Waals surface area contributed by atoms with Gasteiger partial charge in [-0.1, -0.05) is 25.9 Å². The van der Waals surface area contributed by atoms with Crippen molar-refractivity contribution >= 4 is 11.7 Å². The maximum Gasteiger partial charge on any atom is 0.331 e. The number of hydrogen-bond acceptors (Lipinski definition) is 4. The van der Waals surface area contributed by atoms with Gasteiger partial charge >= 0.3 is 5.97 Å². The van der Waals surface area contributed by atoms with Gasteiger partial charge in [0.1, 0.15) is 6.10 Å². The molecule has 2 fully saturated rings. The van der Waals surface area contributed by atoms with Crippen molar-refractivity contribution < 1.29 is 14.7 Å². The Morgan fingerprint density at radius 1 is 1.50 bits per heavy atom. The predicted octanol–water partition coefficient (Wildman–Crippen LogP) is 1.72. The minimum atomic E-state index is -0.583. The highest BCUT2D eigenvalue weighted by molar-refractivity contribution is 5.97. The zero-order valence-electron chi connectivity index (χ0n) is 10.3. The van der Waals surface area contributed by atoms with Crippen LogP contribution >= 0.6 is 0 Å². The summed E-state index contributed by atoms with van der Waals surface area (Å²) in [5.41, 5.74) is 0.359. The van der Waals surface area contributed by atoms with Crippen molar-refractivity contribution in [3.63, 3.8) is 0 Å². The summed E-state index contributed by atoms with van der Waals surface area (Å²) < 4.78 is 0. The molecular weight excluding hydrogens is 206 g/mol. The fourth-order valence-electron chi connectivity index (χ4n) is 3.38. The van der Waals surface area contributed by atoms with Gasteiger partial charge in [-0.05, 0) is 18.8 Å². The van der Waals surface area contributed by atoms with Gasteiger partial charge in [0.15, 0.2) is 0 Å². The quantitative estimate of drug-likeness (QED) is 0.546. The summed E-state index contributed by atoms with van der Waals surface area (Å²) >= 11 is 0. The minimum absolute atomic E-state index is 0.0809. The van der Waals surface area contributed by atoms with Crippen LogP contribution in [0.1, 0.15) is 40.5 Å². The first-order valence-electron chi connectivity index (χ1n) is 5.74. The van der Waals surface area contributed by atoms with E-state index >= 15 is 0 Å². The van der Waals surface area contributed by atoms with Gasteiger partial charge in [-0.2, -0.15) is 0 Å². The molecule has 2 saturated carbocycles.